The van der Waals surface area contributed by atoms with Crippen LogP contribution in [-0.2, 0) is 11.2 Å². The third kappa shape index (κ3) is 2.92. The third-order valence-electron chi connectivity index (χ3n) is 2.21. The number of rotatable bonds is 3. The molecule has 0 aliphatic heterocycles. The van der Waals surface area contributed by atoms with Crippen molar-refractivity contribution in [2.45, 2.75) is 6.42 Å². The summed E-state index contributed by atoms with van der Waals surface area (Å²) in [6.07, 6.45) is 1.85. The molecular weight excluding hydrogens is 216 g/mol. The van der Waals surface area contributed by atoms with Crippen molar-refractivity contribution < 1.29 is 4.79 Å². The fourth-order valence-electron chi connectivity index (χ4n) is 1.39. The molecular formula is C12H10N4O. The van der Waals surface area contributed by atoms with Crippen LogP contribution in [0.3, 0.4) is 0 Å². The van der Waals surface area contributed by atoms with Gasteiger partial charge in [0.15, 0.2) is 0 Å². The molecule has 0 saturated carbocycles. The number of nitriles is 1. The Morgan fingerprint density at radius 1 is 1.35 bits per heavy atom. The van der Waals surface area contributed by atoms with Crippen LogP contribution in [0.5, 0.6) is 0 Å². The van der Waals surface area contributed by atoms with Crippen molar-refractivity contribution >= 4 is 11.6 Å². The lowest BCUT2D eigenvalue weighted by atomic mass is 10.2. The molecule has 0 atom stereocenters. The number of carbonyl (C=O) groups excluding carboxylic acids is 1. The van der Waals surface area contributed by atoms with Crippen molar-refractivity contribution in [2.24, 2.45) is 0 Å². The van der Waals surface area contributed by atoms with Gasteiger partial charge in [0.2, 0.25) is 5.91 Å². The van der Waals surface area contributed by atoms with Gasteiger partial charge in [-0.05, 0) is 30.3 Å². The number of amides is 1. The van der Waals surface area contributed by atoms with Crippen molar-refractivity contribution in [2.75, 3.05) is 5.32 Å². The minimum absolute atomic E-state index is 0.126. The van der Waals surface area contributed by atoms with Crippen molar-refractivity contribution in [3.8, 4) is 6.07 Å². The molecule has 1 amide bonds. The molecule has 5 nitrogen and oxygen atoms in total. The normalized spacial score (nSPS) is 9.59. The van der Waals surface area contributed by atoms with E-state index in [0.717, 1.165) is 5.69 Å². The average molecular weight is 226 g/mol. The smallest absolute Gasteiger partial charge is 0.230 e. The summed E-state index contributed by atoms with van der Waals surface area (Å²) in [6, 6.07) is 10.5. The Morgan fingerprint density at radius 3 is 2.71 bits per heavy atom. The van der Waals surface area contributed by atoms with Gasteiger partial charge < -0.3 is 5.32 Å². The molecule has 0 spiro atoms. The quantitative estimate of drug-likeness (QED) is 0.831. The van der Waals surface area contributed by atoms with Gasteiger partial charge in [-0.3, -0.25) is 9.89 Å². The standard InChI is InChI=1S/C12H10N4O/c13-8-9-1-3-10(4-2-9)15-12(17)7-11-5-6-14-16-11/h1-6H,7H2,(H,14,16)(H,15,17). The zero-order valence-electron chi connectivity index (χ0n) is 8.97. The van der Waals surface area contributed by atoms with Crippen LogP contribution in [0.4, 0.5) is 5.69 Å². The molecule has 0 aliphatic carbocycles. The Kier molecular flexibility index (Phi) is 3.17. The van der Waals surface area contributed by atoms with Crippen molar-refractivity contribution in [3.05, 3.63) is 47.8 Å². The summed E-state index contributed by atoms with van der Waals surface area (Å²) in [5.41, 5.74) is 2.00. The molecule has 1 heterocycles. The van der Waals surface area contributed by atoms with Crippen LogP contribution >= 0.6 is 0 Å². The summed E-state index contributed by atoms with van der Waals surface area (Å²) in [5.74, 6) is -0.126. The van der Waals surface area contributed by atoms with Gasteiger partial charge in [-0.25, -0.2) is 0 Å². The maximum Gasteiger partial charge on any atom is 0.230 e. The van der Waals surface area contributed by atoms with Gasteiger partial charge in [0.1, 0.15) is 0 Å². The Bertz CT molecular complexity index is 537. The number of hydrogen-bond donors (Lipinski definition) is 2. The van der Waals surface area contributed by atoms with Gasteiger partial charge in [0.25, 0.3) is 0 Å². The number of nitrogens with one attached hydrogen (secondary N) is 2. The first-order valence-corrected chi connectivity index (χ1v) is 5.06. The van der Waals surface area contributed by atoms with Crippen LogP contribution in [-0.4, -0.2) is 16.1 Å². The summed E-state index contributed by atoms with van der Waals surface area (Å²) in [7, 11) is 0. The summed E-state index contributed by atoms with van der Waals surface area (Å²) in [6.45, 7) is 0. The SMILES string of the molecule is N#Cc1ccc(NC(=O)Cc2ccn[nH]2)cc1. The lowest BCUT2D eigenvalue weighted by Crippen LogP contribution is -2.14. The first kappa shape index (κ1) is 10.9. The molecule has 17 heavy (non-hydrogen) atoms. The Hall–Kier alpha value is -2.61. The van der Waals surface area contributed by atoms with E-state index in [1.807, 2.05) is 6.07 Å². The number of nitrogens with zero attached hydrogens (tertiary/aromatic N) is 2. The average Bonchev–Trinajstić information content (AvgIpc) is 2.82. The molecule has 0 unspecified atom stereocenters. The molecule has 1 aromatic heterocycles. The highest BCUT2D eigenvalue weighted by molar-refractivity contribution is 5.92. The molecule has 5 heteroatoms. The molecule has 2 N–H and O–H groups in total. The minimum atomic E-state index is -0.126. The molecule has 0 saturated heterocycles. The van der Waals surface area contributed by atoms with E-state index >= 15 is 0 Å². The van der Waals surface area contributed by atoms with Gasteiger partial charge in [-0.15, -0.1) is 0 Å². The summed E-state index contributed by atoms with van der Waals surface area (Å²) < 4.78 is 0. The molecule has 0 fully saturated rings. The van der Waals surface area contributed by atoms with E-state index in [4.69, 9.17) is 5.26 Å². The first-order valence-electron chi connectivity index (χ1n) is 5.06. The maximum absolute atomic E-state index is 11.6. The van der Waals surface area contributed by atoms with E-state index in [1.54, 1.807) is 36.5 Å². The van der Waals surface area contributed by atoms with E-state index in [1.165, 1.54) is 0 Å². The Labute approximate surface area is 98.1 Å². The van der Waals surface area contributed by atoms with E-state index in [0.29, 0.717) is 11.3 Å². The number of hydrogen-bond acceptors (Lipinski definition) is 3. The number of benzene rings is 1. The lowest BCUT2D eigenvalue weighted by Gasteiger charge is -2.03. The monoisotopic (exact) mass is 226 g/mol. The van der Waals surface area contributed by atoms with Crippen molar-refractivity contribution in [1.82, 2.24) is 10.2 Å². The van der Waals surface area contributed by atoms with E-state index in [9.17, 15) is 4.79 Å². The van der Waals surface area contributed by atoms with E-state index in [2.05, 4.69) is 15.5 Å². The van der Waals surface area contributed by atoms with Crippen LogP contribution in [0.2, 0.25) is 0 Å². The van der Waals surface area contributed by atoms with Crippen LogP contribution in [0.1, 0.15) is 11.3 Å². The van der Waals surface area contributed by atoms with Crippen LogP contribution in [0.25, 0.3) is 0 Å². The molecule has 2 rings (SSSR count). The fraction of sp³-hybridized carbons (Fsp3) is 0.0833. The molecule has 0 bridgehead atoms. The highest BCUT2D eigenvalue weighted by atomic mass is 16.1. The Balaban J connectivity index is 1.96. The summed E-state index contributed by atoms with van der Waals surface area (Å²) in [5, 5.41) is 17.9. The highest BCUT2D eigenvalue weighted by Crippen LogP contribution is 2.09. The van der Waals surface area contributed by atoms with Crippen LogP contribution < -0.4 is 5.32 Å². The summed E-state index contributed by atoms with van der Waals surface area (Å²) >= 11 is 0. The highest BCUT2D eigenvalue weighted by Gasteiger charge is 2.04. The zero-order valence-corrected chi connectivity index (χ0v) is 8.97. The minimum Gasteiger partial charge on any atom is -0.326 e. The van der Waals surface area contributed by atoms with Gasteiger partial charge in [0.05, 0.1) is 18.1 Å². The van der Waals surface area contributed by atoms with Gasteiger partial charge >= 0.3 is 0 Å². The van der Waals surface area contributed by atoms with E-state index in [-0.39, 0.29) is 12.3 Å². The first-order chi connectivity index (χ1) is 8.28. The third-order valence-corrected chi connectivity index (χ3v) is 2.21. The predicted octanol–water partition coefficient (Wildman–Crippen LogP) is 1.46. The van der Waals surface area contributed by atoms with Gasteiger partial charge in [-0.1, -0.05) is 0 Å². The second kappa shape index (κ2) is 4.94. The molecule has 0 radical (unpaired) electrons. The number of aromatic nitrogens is 2. The second-order valence-electron chi connectivity index (χ2n) is 3.50. The fourth-order valence-corrected chi connectivity index (χ4v) is 1.39. The Morgan fingerprint density at radius 2 is 2.12 bits per heavy atom. The predicted molar refractivity (Wildman–Crippen MR) is 62.1 cm³/mol. The zero-order chi connectivity index (χ0) is 12.1. The van der Waals surface area contributed by atoms with Crippen LogP contribution in [0, 0.1) is 11.3 Å². The second-order valence-corrected chi connectivity index (χ2v) is 3.50. The molecule has 84 valence electrons. The van der Waals surface area contributed by atoms with Crippen LogP contribution in [0.15, 0.2) is 36.5 Å². The van der Waals surface area contributed by atoms with Gasteiger partial charge in [-0.2, -0.15) is 10.4 Å². The number of anilines is 1. The molecule has 1 aromatic carbocycles. The van der Waals surface area contributed by atoms with Gasteiger partial charge in [0, 0.05) is 17.6 Å². The summed E-state index contributed by atoms with van der Waals surface area (Å²) in [4.78, 5) is 11.6. The topological polar surface area (TPSA) is 81.6 Å². The molecule has 2 aromatic rings. The van der Waals surface area contributed by atoms with E-state index < -0.39 is 0 Å². The lowest BCUT2D eigenvalue weighted by molar-refractivity contribution is -0.115. The van der Waals surface area contributed by atoms with Crippen molar-refractivity contribution in [3.63, 3.8) is 0 Å². The number of aromatic amines is 1. The van der Waals surface area contributed by atoms with Crippen molar-refractivity contribution in [1.29, 1.82) is 5.26 Å². The number of H-pyrrole nitrogens is 1. The largest absolute Gasteiger partial charge is 0.326 e. The number of carbonyl (C=O) groups is 1. The maximum atomic E-state index is 11.6. The molecule has 0 aliphatic rings.